The maximum atomic E-state index is 11.9. The second-order valence-electron chi connectivity index (χ2n) is 6.97. The zero-order valence-electron chi connectivity index (χ0n) is 15.1. The van der Waals surface area contributed by atoms with Gasteiger partial charge in [0.1, 0.15) is 11.3 Å². The zero-order valence-corrected chi connectivity index (χ0v) is 15.9. The molecule has 0 spiro atoms. The van der Waals surface area contributed by atoms with E-state index in [-0.39, 0.29) is 11.4 Å². The van der Waals surface area contributed by atoms with Gasteiger partial charge in [0.2, 0.25) is 0 Å². The number of anilines is 1. The Kier molecular flexibility index (Phi) is 4.81. The molecular weight excluding hydrogens is 364 g/mol. The van der Waals surface area contributed by atoms with Gasteiger partial charge in [-0.3, -0.25) is 4.90 Å². The number of piperazine rings is 1. The Balaban J connectivity index is 1.52. The third-order valence-corrected chi connectivity index (χ3v) is 5.32. The highest BCUT2D eigenvalue weighted by molar-refractivity contribution is 6.30. The summed E-state index contributed by atoms with van der Waals surface area (Å²) in [5.74, 6) is 0.211. The first-order valence-corrected chi connectivity index (χ1v) is 9.36. The van der Waals surface area contributed by atoms with Crippen LogP contribution in [0.1, 0.15) is 11.1 Å². The van der Waals surface area contributed by atoms with Gasteiger partial charge in [-0.1, -0.05) is 17.7 Å². The molecular formula is C21H21ClN2O3. The second kappa shape index (κ2) is 7.25. The van der Waals surface area contributed by atoms with E-state index in [0.717, 1.165) is 47.8 Å². The molecule has 0 atom stereocenters. The number of rotatable bonds is 3. The Bertz CT molecular complexity index is 1040. The second-order valence-corrected chi connectivity index (χ2v) is 7.41. The summed E-state index contributed by atoms with van der Waals surface area (Å²) >= 11 is 6.10. The SMILES string of the molecule is Cc1cc2oc(=O)cc(CN3CCN(c4cccc(Cl)c4)CC3)c2cc1O. The molecule has 0 aliphatic carbocycles. The molecule has 3 aromatic rings. The summed E-state index contributed by atoms with van der Waals surface area (Å²) in [5, 5.41) is 11.6. The smallest absolute Gasteiger partial charge is 0.336 e. The third kappa shape index (κ3) is 3.80. The number of phenols is 1. The van der Waals surface area contributed by atoms with Crippen molar-refractivity contribution in [2.75, 3.05) is 31.1 Å². The van der Waals surface area contributed by atoms with Crippen LogP contribution in [0.2, 0.25) is 5.02 Å². The lowest BCUT2D eigenvalue weighted by atomic mass is 10.1. The first kappa shape index (κ1) is 17.9. The zero-order chi connectivity index (χ0) is 19.0. The molecule has 1 aliphatic rings. The number of fused-ring (bicyclic) bond motifs is 1. The van der Waals surface area contributed by atoms with Gasteiger partial charge in [-0.25, -0.2) is 4.79 Å². The van der Waals surface area contributed by atoms with Crippen LogP contribution in [-0.4, -0.2) is 36.2 Å². The van der Waals surface area contributed by atoms with Gasteiger partial charge >= 0.3 is 5.63 Å². The molecule has 0 radical (unpaired) electrons. The van der Waals surface area contributed by atoms with Crippen molar-refractivity contribution in [1.82, 2.24) is 4.90 Å². The minimum absolute atomic E-state index is 0.211. The van der Waals surface area contributed by atoms with Crippen molar-refractivity contribution >= 4 is 28.3 Å². The summed E-state index contributed by atoms with van der Waals surface area (Å²) in [5.41, 5.74) is 2.87. The van der Waals surface area contributed by atoms with Crippen LogP contribution in [-0.2, 0) is 6.54 Å². The summed E-state index contributed by atoms with van der Waals surface area (Å²) in [6, 6.07) is 12.8. The molecule has 6 heteroatoms. The highest BCUT2D eigenvalue weighted by Crippen LogP contribution is 2.27. The lowest BCUT2D eigenvalue weighted by Crippen LogP contribution is -2.46. The summed E-state index contributed by atoms with van der Waals surface area (Å²) in [6.45, 7) is 5.98. The largest absolute Gasteiger partial charge is 0.508 e. The van der Waals surface area contributed by atoms with E-state index in [4.69, 9.17) is 16.0 Å². The van der Waals surface area contributed by atoms with Crippen LogP contribution in [0, 0.1) is 6.92 Å². The molecule has 0 unspecified atom stereocenters. The summed E-state index contributed by atoms with van der Waals surface area (Å²) in [7, 11) is 0. The topological polar surface area (TPSA) is 56.9 Å². The highest BCUT2D eigenvalue weighted by Gasteiger charge is 2.19. The van der Waals surface area contributed by atoms with Crippen molar-refractivity contribution in [3.8, 4) is 5.75 Å². The van der Waals surface area contributed by atoms with Crippen molar-refractivity contribution in [1.29, 1.82) is 0 Å². The number of hydrogen-bond donors (Lipinski definition) is 1. The van der Waals surface area contributed by atoms with E-state index in [9.17, 15) is 9.90 Å². The predicted molar refractivity (Wildman–Crippen MR) is 108 cm³/mol. The van der Waals surface area contributed by atoms with Crippen LogP contribution in [0.25, 0.3) is 11.0 Å². The molecule has 0 amide bonds. The van der Waals surface area contributed by atoms with Gasteiger partial charge in [0.25, 0.3) is 0 Å². The Morgan fingerprint density at radius 3 is 2.63 bits per heavy atom. The van der Waals surface area contributed by atoms with Crippen LogP contribution in [0.4, 0.5) is 5.69 Å². The molecule has 5 nitrogen and oxygen atoms in total. The molecule has 0 bridgehead atoms. The van der Waals surface area contributed by atoms with Crippen molar-refractivity contribution < 1.29 is 9.52 Å². The number of hydrogen-bond acceptors (Lipinski definition) is 5. The minimum Gasteiger partial charge on any atom is -0.508 e. The number of phenolic OH excluding ortho intramolecular Hbond substituents is 1. The van der Waals surface area contributed by atoms with Gasteiger partial charge in [-0.05, 0) is 48.4 Å². The van der Waals surface area contributed by atoms with Crippen molar-refractivity contribution in [3.63, 3.8) is 0 Å². The van der Waals surface area contributed by atoms with Crippen LogP contribution < -0.4 is 10.5 Å². The maximum Gasteiger partial charge on any atom is 0.336 e. The Morgan fingerprint density at radius 2 is 1.89 bits per heavy atom. The fraction of sp³-hybridized carbons (Fsp3) is 0.286. The lowest BCUT2D eigenvalue weighted by Gasteiger charge is -2.36. The third-order valence-electron chi connectivity index (χ3n) is 5.09. The number of nitrogens with zero attached hydrogens (tertiary/aromatic N) is 2. The molecule has 1 fully saturated rings. The van der Waals surface area contributed by atoms with E-state index >= 15 is 0 Å². The minimum atomic E-state index is -0.361. The summed E-state index contributed by atoms with van der Waals surface area (Å²) in [4.78, 5) is 16.6. The van der Waals surface area contributed by atoms with E-state index in [1.165, 1.54) is 6.07 Å². The van der Waals surface area contributed by atoms with Crippen LogP contribution in [0.3, 0.4) is 0 Å². The predicted octanol–water partition coefficient (Wildman–Crippen LogP) is 3.78. The molecule has 1 N–H and O–H groups in total. The molecule has 140 valence electrons. The van der Waals surface area contributed by atoms with Crippen molar-refractivity contribution in [3.05, 3.63) is 69.0 Å². The Hall–Kier alpha value is -2.50. The monoisotopic (exact) mass is 384 g/mol. The standard InChI is InChI=1S/C21H21ClN2O3/c1-14-9-20-18(12-19(14)25)15(10-21(26)27-20)13-23-5-7-24(8-6-23)17-4-2-3-16(22)11-17/h2-4,9-12,25H,5-8,13H2,1H3. The summed E-state index contributed by atoms with van der Waals surface area (Å²) in [6.07, 6.45) is 0. The number of halogens is 1. The molecule has 1 saturated heterocycles. The Labute approximate surface area is 162 Å². The lowest BCUT2D eigenvalue weighted by molar-refractivity contribution is 0.250. The quantitative estimate of drug-likeness (QED) is 0.696. The number of benzene rings is 2. The van der Waals surface area contributed by atoms with Crippen molar-refractivity contribution in [2.24, 2.45) is 0 Å². The summed E-state index contributed by atoms with van der Waals surface area (Å²) < 4.78 is 5.31. The molecule has 2 heterocycles. The first-order valence-electron chi connectivity index (χ1n) is 8.99. The van der Waals surface area contributed by atoms with E-state index in [1.807, 2.05) is 18.2 Å². The van der Waals surface area contributed by atoms with Crippen LogP contribution in [0.5, 0.6) is 5.75 Å². The maximum absolute atomic E-state index is 11.9. The first-order chi connectivity index (χ1) is 13.0. The number of aromatic hydroxyl groups is 1. The van der Waals surface area contributed by atoms with E-state index in [0.29, 0.717) is 17.7 Å². The molecule has 1 aliphatic heterocycles. The van der Waals surface area contributed by atoms with Gasteiger partial charge < -0.3 is 14.4 Å². The van der Waals surface area contributed by atoms with Gasteiger partial charge in [0.15, 0.2) is 0 Å². The fourth-order valence-electron chi connectivity index (χ4n) is 3.57. The average Bonchev–Trinajstić information content (AvgIpc) is 2.64. The highest BCUT2D eigenvalue weighted by atomic mass is 35.5. The molecule has 2 aromatic carbocycles. The fourth-order valence-corrected chi connectivity index (χ4v) is 3.76. The van der Waals surface area contributed by atoms with Gasteiger partial charge in [-0.15, -0.1) is 0 Å². The normalized spacial score (nSPS) is 15.4. The Morgan fingerprint density at radius 1 is 1.11 bits per heavy atom. The van der Waals surface area contributed by atoms with Crippen molar-refractivity contribution in [2.45, 2.75) is 13.5 Å². The number of aryl methyl sites for hydroxylation is 1. The van der Waals surface area contributed by atoms with Gasteiger partial charge in [0, 0.05) is 54.9 Å². The van der Waals surface area contributed by atoms with Crippen LogP contribution in [0.15, 0.2) is 51.7 Å². The van der Waals surface area contributed by atoms with Crippen LogP contribution >= 0.6 is 11.6 Å². The average molecular weight is 385 g/mol. The van der Waals surface area contributed by atoms with Gasteiger partial charge in [-0.2, -0.15) is 0 Å². The van der Waals surface area contributed by atoms with E-state index in [1.54, 1.807) is 19.1 Å². The molecule has 4 rings (SSSR count). The van der Waals surface area contributed by atoms with E-state index in [2.05, 4.69) is 15.9 Å². The molecule has 1 aromatic heterocycles. The van der Waals surface area contributed by atoms with E-state index < -0.39 is 0 Å². The van der Waals surface area contributed by atoms with Gasteiger partial charge in [0.05, 0.1) is 0 Å². The molecule has 0 saturated carbocycles. The molecule has 27 heavy (non-hydrogen) atoms.